The molecule has 1 aliphatic rings. The number of carboxylic acid groups (broad SMARTS) is 1. The number of nitrogens with zero attached hydrogens (tertiary/aromatic N) is 1. The number of anilines is 1. The van der Waals surface area contributed by atoms with Gasteiger partial charge in [-0.1, -0.05) is 17.7 Å². The predicted octanol–water partition coefficient (Wildman–Crippen LogP) is 3.57. The van der Waals surface area contributed by atoms with Gasteiger partial charge in [-0.25, -0.2) is 4.79 Å². The normalized spacial score (nSPS) is 17.2. The number of hydrogen-bond donors (Lipinski definition) is 1. The lowest BCUT2D eigenvalue weighted by Gasteiger charge is -2.17. The maximum atomic E-state index is 12.3. The second kappa shape index (κ2) is 6.53. The van der Waals surface area contributed by atoms with E-state index in [1.165, 1.54) is 13.2 Å². The van der Waals surface area contributed by atoms with Gasteiger partial charge >= 0.3 is 5.97 Å². The first-order valence-electron chi connectivity index (χ1n) is 7.46. The van der Waals surface area contributed by atoms with Crippen LogP contribution in [0.15, 0.2) is 42.5 Å². The molecular formula is C18H16ClNO4. The average molecular weight is 346 g/mol. The van der Waals surface area contributed by atoms with Crippen molar-refractivity contribution < 1.29 is 19.4 Å². The third-order valence-electron chi connectivity index (χ3n) is 4.19. The standard InChI is InChI=1S/C18H16ClNO4/c1-24-16-8-11(2-7-15(16)18(22)23)12-9-17(21)20(10-12)14-5-3-13(19)4-6-14/h2-8,12H,9-10H2,1H3,(H,22,23). The summed E-state index contributed by atoms with van der Waals surface area (Å²) in [6.07, 6.45) is 0.373. The van der Waals surface area contributed by atoms with E-state index in [2.05, 4.69) is 0 Å². The summed E-state index contributed by atoms with van der Waals surface area (Å²) in [5, 5.41) is 9.78. The highest BCUT2D eigenvalue weighted by Crippen LogP contribution is 2.34. The molecule has 0 bridgehead atoms. The summed E-state index contributed by atoms with van der Waals surface area (Å²) >= 11 is 5.89. The molecule has 124 valence electrons. The number of benzene rings is 2. The molecule has 6 heteroatoms. The maximum Gasteiger partial charge on any atom is 0.339 e. The van der Waals surface area contributed by atoms with E-state index in [1.807, 2.05) is 12.1 Å². The van der Waals surface area contributed by atoms with Crippen molar-refractivity contribution in [2.75, 3.05) is 18.6 Å². The Morgan fingerprint density at radius 3 is 2.58 bits per heavy atom. The minimum absolute atomic E-state index is 0.00933. The van der Waals surface area contributed by atoms with Gasteiger partial charge in [0.2, 0.25) is 5.91 Å². The molecule has 0 saturated carbocycles. The predicted molar refractivity (Wildman–Crippen MR) is 91.1 cm³/mol. The van der Waals surface area contributed by atoms with E-state index >= 15 is 0 Å². The fraction of sp³-hybridized carbons (Fsp3) is 0.222. The topological polar surface area (TPSA) is 66.8 Å². The summed E-state index contributed by atoms with van der Waals surface area (Å²) in [5.41, 5.74) is 1.81. The van der Waals surface area contributed by atoms with Gasteiger partial charge in [0.05, 0.1) is 7.11 Å². The Bertz CT molecular complexity index is 788. The maximum absolute atomic E-state index is 12.3. The summed E-state index contributed by atoms with van der Waals surface area (Å²) < 4.78 is 5.16. The van der Waals surface area contributed by atoms with Crippen LogP contribution in [0, 0.1) is 0 Å². The molecule has 5 nitrogen and oxygen atoms in total. The first-order valence-corrected chi connectivity index (χ1v) is 7.84. The van der Waals surface area contributed by atoms with Crippen LogP contribution in [-0.4, -0.2) is 30.6 Å². The Morgan fingerprint density at radius 1 is 1.25 bits per heavy atom. The van der Waals surface area contributed by atoms with E-state index in [9.17, 15) is 9.59 Å². The molecule has 1 atom stereocenters. The highest BCUT2D eigenvalue weighted by molar-refractivity contribution is 6.30. The van der Waals surface area contributed by atoms with Crippen molar-refractivity contribution >= 4 is 29.2 Å². The van der Waals surface area contributed by atoms with E-state index in [4.69, 9.17) is 21.4 Å². The smallest absolute Gasteiger partial charge is 0.339 e. The lowest BCUT2D eigenvalue weighted by atomic mass is 9.96. The number of amides is 1. The Morgan fingerprint density at radius 2 is 1.96 bits per heavy atom. The molecule has 2 aromatic rings. The van der Waals surface area contributed by atoms with Crippen molar-refractivity contribution in [3.05, 3.63) is 58.6 Å². The van der Waals surface area contributed by atoms with Crippen LogP contribution in [0.1, 0.15) is 28.3 Å². The van der Waals surface area contributed by atoms with Crippen LogP contribution in [-0.2, 0) is 4.79 Å². The molecule has 1 heterocycles. The van der Waals surface area contributed by atoms with Crippen LogP contribution < -0.4 is 9.64 Å². The zero-order valence-corrected chi connectivity index (χ0v) is 13.8. The molecule has 1 amide bonds. The van der Waals surface area contributed by atoms with Gasteiger partial charge in [-0.05, 0) is 42.0 Å². The van der Waals surface area contributed by atoms with E-state index in [0.29, 0.717) is 23.7 Å². The molecule has 0 aromatic heterocycles. The summed E-state index contributed by atoms with van der Waals surface area (Å²) in [6.45, 7) is 0.538. The molecule has 3 rings (SSSR count). The van der Waals surface area contributed by atoms with E-state index in [0.717, 1.165) is 11.3 Å². The van der Waals surface area contributed by atoms with Crippen molar-refractivity contribution in [3.8, 4) is 5.75 Å². The number of carbonyl (C=O) groups is 2. The van der Waals surface area contributed by atoms with Crippen molar-refractivity contribution in [3.63, 3.8) is 0 Å². The number of ether oxygens (including phenoxy) is 1. The van der Waals surface area contributed by atoms with E-state index in [-0.39, 0.29) is 17.4 Å². The molecular weight excluding hydrogens is 330 g/mol. The zero-order chi connectivity index (χ0) is 17.3. The number of methoxy groups -OCH3 is 1. The van der Waals surface area contributed by atoms with Crippen LogP contribution in [0.2, 0.25) is 5.02 Å². The summed E-state index contributed by atoms with van der Waals surface area (Å²) in [5.74, 6) is -0.713. The Hall–Kier alpha value is -2.53. The van der Waals surface area contributed by atoms with Gasteiger partial charge in [-0.2, -0.15) is 0 Å². The Labute approximate surface area is 144 Å². The number of aromatic carboxylic acids is 1. The largest absolute Gasteiger partial charge is 0.496 e. The van der Waals surface area contributed by atoms with Gasteiger partial charge in [0.1, 0.15) is 11.3 Å². The molecule has 0 aliphatic carbocycles. The second-order valence-electron chi connectivity index (χ2n) is 5.65. The Kier molecular flexibility index (Phi) is 4.44. The average Bonchev–Trinajstić information content (AvgIpc) is 2.96. The molecule has 1 saturated heterocycles. The molecule has 1 aliphatic heterocycles. The molecule has 1 fully saturated rings. The summed E-state index contributed by atoms with van der Waals surface area (Å²) in [4.78, 5) is 25.2. The number of carboxylic acids is 1. The van der Waals surface area contributed by atoms with Crippen molar-refractivity contribution in [1.29, 1.82) is 0 Å². The minimum atomic E-state index is -1.04. The third kappa shape index (κ3) is 3.08. The molecule has 0 spiro atoms. The van der Waals surface area contributed by atoms with Crippen LogP contribution in [0.4, 0.5) is 5.69 Å². The second-order valence-corrected chi connectivity index (χ2v) is 6.08. The summed E-state index contributed by atoms with van der Waals surface area (Å²) in [6, 6.07) is 12.1. The highest BCUT2D eigenvalue weighted by atomic mass is 35.5. The van der Waals surface area contributed by atoms with Crippen LogP contribution >= 0.6 is 11.6 Å². The van der Waals surface area contributed by atoms with Gasteiger partial charge < -0.3 is 14.7 Å². The molecule has 0 radical (unpaired) electrons. The summed E-state index contributed by atoms with van der Waals surface area (Å²) in [7, 11) is 1.44. The number of hydrogen-bond acceptors (Lipinski definition) is 3. The van der Waals surface area contributed by atoms with Crippen LogP contribution in [0.25, 0.3) is 0 Å². The van der Waals surface area contributed by atoms with Gasteiger partial charge in [0, 0.05) is 29.6 Å². The molecule has 1 unspecified atom stereocenters. The van der Waals surface area contributed by atoms with Crippen LogP contribution in [0.3, 0.4) is 0 Å². The third-order valence-corrected chi connectivity index (χ3v) is 4.44. The van der Waals surface area contributed by atoms with Crippen molar-refractivity contribution in [1.82, 2.24) is 0 Å². The minimum Gasteiger partial charge on any atom is -0.496 e. The Balaban J connectivity index is 1.85. The highest BCUT2D eigenvalue weighted by Gasteiger charge is 2.32. The van der Waals surface area contributed by atoms with Crippen molar-refractivity contribution in [2.45, 2.75) is 12.3 Å². The van der Waals surface area contributed by atoms with Crippen LogP contribution in [0.5, 0.6) is 5.75 Å². The number of carbonyl (C=O) groups excluding carboxylic acids is 1. The molecule has 2 aromatic carbocycles. The molecule has 1 N–H and O–H groups in total. The number of halogens is 1. The van der Waals surface area contributed by atoms with Gasteiger partial charge in [0.25, 0.3) is 0 Å². The van der Waals surface area contributed by atoms with Gasteiger partial charge in [0.15, 0.2) is 0 Å². The van der Waals surface area contributed by atoms with Gasteiger partial charge in [-0.15, -0.1) is 0 Å². The number of rotatable bonds is 4. The first-order chi connectivity index (χ1) is 11.5. The van der Waals surface area contributed by atoms with Gasteiger partial charge in [-0.3, -0.25) is 4.79 Å². The lowest BCUT2D eigenvalue weighted by molar-refractivity contribution is -0.117. The van der Waals surface area contributed by atoms with Crippen molar-refractivity contribution in [2.24, 2.45) is 0 Å². The lowest BCUT2D eigenvalue weighted by Crippen LogP contribution is -2.24. The fourth-order valence-corrected chi connectivity index (χ4v) is 3.07. The van der Waals surface area contributed by atoms with E-state index < -0.39 is 5.97 Å². The first kappa shape index (κ1) is 16.3. The fourth-order valence-electron chi connectivity index (χ4n) is 2.94. The monoisotopic (exact) mass is 345 g/mol. The van der Waals surface area contributed by atoms with E-state index in [1.54, 1.807) is 29.2 Å². The quantitative estimate of drug-likeness (QED) is 0.920. The SMILES string of the molecule is COc1cc(C2CC(=O)N(c3ccc(Cl)cc3)C2)ccc1C(=O)O. The molecule has 24 heavy (non-hydrogen) atoms. The zero-order valence-electron chi connectivity index (χ0n) is 13.0.